The predicted octanol–water partition coefficient (Wildman–Crippen LogP) is 4.90. The SMILES string of the molecule is CC(C)=C[C@H]1[C@@H](CN(C#N)Cc2c(F)c(F)c(F)c(F)c2F)C1(C)C. The lowest BCUT2D eigenvalue weighted by Crippen LogP contribution is -2.24. The molecule has 0 aromatic heterocycles. The van der Waals surface area contributed by atoms with Crippen molar-refractivity contribution in [2.45, 2.75) is 34.2 Å². The summed E-state index contributed by atoms with van der Waals surface area (Å²) < 4.78 is 67.3. The topological polar surface area (TPSA) is 27.0 Å². The van der Waals surface area contributed by atoms with E-state index in [9.17, 15) is 27.2 Å². The summed E-state index contributed by atoms with van der Waals surface area (Å²) in [6, 6.07) is 0. The molecule has 0 saturated heterocycles. The quantitative estimate of drug-likeness (QED) is 0.187. The largest absolute Gasteiger partial charge is 0.306 e. The van der Waals surface area contributed by atoms with Crippen LogP contribution in [0.1, 0.15) is 33.3 Å². The number of hydrogen-bond acceptors (Lipinski definition) is 2. The van der Waals surface area contributed by atoms with Crippen LogP contribution in [0.3, 0.4) is 0 Å². The van der Waals surface area contributed by atoms with Crippen molar-refractivity contribution in [3.05, 3.63) is 46.3 Å². The fraction of sp³-hybridized carbons (Fsp3) is 0.500. The van der Waals surface area contributed by atoms with Gasteiger partial charge in [-0.15, -0.1) is 0 Å². The van der Waals surface area contributed by atoms with Crippen LogP contribution in [0.2, 0.25) is 0 Å². The molecule has 0 heterocycles. The van der Waals surface area contributed by atoms with Crippen LogP contribution in [0.25, 0.3) is 0 Å². The first-order valence-electron chi connectivity index (χ1n) is 7.82. The number of nitrogens with zero attached hydrogens (tertiary/aromatic N) is 2. The highest BCUT2D eigenvalue weighted by atomic mass is 19.2. The van der Waals surface area contributed by atoms with Gasteiger partial charge in [0.25, 0.3) is 0 Å². The van der Waals surface area contributed by atoms with E-state index >= 15 is 0 Å². The Kier molecular flexibility index (Phi) is 5.12. The predicted molar refractivity (Wildman–Crippen MR) is 82.4 cm³/mol. The van der Waals surface area contributed by atoms with Gasteiger partial charge >= 0.3 is 0 Å². The van der Waals surface area contributed by atoms with Crippen molar-refractivity contribution < 1.29 is 22.0 Å². The molecule has 0 aliphatic heterocycles. The summed E-state index contributed by atoms with van der Waals surface area (Å²) in [5, 5.41) is 9.23. The zero-order chi connectivity index (χ0) is 19.1. The van der Waals surface area contributed by atoms with E-state index in [0.29, 0.717) is 0 Å². The Hall–Kier alpha value is -2.10. The van der Waals surface area contributed by atoms with Crippen molar-refractivity contribution in [1.29, 1.82) is 5.26 Å². The molecule has 1 saturated carbocycles. The third-order valence-electron chi connectivity index (χ3n) is 4.86. The molecule has 2 nitrogen and oxygen atoms in total. The summed E-state index contributed by atoms with van der Waals surface area (Å²) in [6.45, 7) is 7.42. The van der Waals surface area contributed by atoms with Crippen LogP contribution >= 0.6 is 0 Å². The van der Waals surface area contributed by atoms with Crippen molar-refractivity contribution in [2.75, 3.05) is 6.54 Å². The van der Waals surface area contributed by atoms with Gasteiger partial charge in [0.1, 0.15) is 0 Å². The average molecular weight is 358 g/mol. The third-order valence-corrected chi connectivity index (χ3v) is 4.86. The molecule has 1 aliphatic rings. The molecule has 0 spiro atoms. The first-order chi connectivity index (χ1) is 11.5. The Balaban J connectivity index is 2.23. The van der Waals surface area contributed by atoms with Crippen molar-refractivity contribution in [1.82, 2.24) is 4.90 Å². The molecular formula is C18H19F5N2. The first kappa shape index (κ1) is 19.2. The Labute approximate surface area is 143 Å². The van der Waals surface area contributed by atoms with E-state index in [1.54, 1.807) is 6.19 Å². The van der Waals surface area contributed by atoms with Gasteiger partial charge < -0.3 is 4.90 Å². The van der Waals surface area contributed by atoms with Crippen molar-refractivity contribution >= 4 is 0 Å². The van der Waals surface area contributed by atoms with Crippen LogP contribution in [0.5, 0.6) is 0 Å². The lowest BCUT2D eigenvalue weighted by Gasteiger charge is -2.18. The Morgan fingerprint density at radius 1 is 1.04 bits per heavy atom. The van der Waals surface area contributed by atoms with Crippen LogP contribution in [0.15, 0.2) is 11.6 Å². The summed E-state index contributed by atoms with van der Waals surface area (Å²) in [5.41, 5.74) is 0.0296. The second-order valence-electron chi connectivity index (χ2n) is 7.23. The maximum absolute atomic E-state index is 13.8. The monoisotopic (exact) mass is 358 g/mol. The molecule has 7 heteroatoms. The first-order valence-corrected chi connectivity index (χ1v) is 7.82. The summed E-state index contributed by atoms with van der Waals surface area (Å²) in [7, 11) is 0. The summed E-state index contributed by atoms with van der Waals surface area (Å²) in [4.78, 5) is 1.03. The number of allylic oxidation sites excluding steroid dienone is 2. The highest BCUT2D eigenvalue weighted by Crippen LogP contribution is 2.59. The normalized spacial score (nSPS) is 20.8. The highest BCUT2D eigenvalue weighted by molar-refractivity contribution is 5.25. The molecule has 1 aliphatic carbocycles. The van der Waals surface area contributed by atoms with Crippen LogP contribution in [-0.4, -0.2) is 11.4 Å². The van der Waals surface area contributed by atoms with Gasteiger partial charge in [0, 0.05) is 12.1 Å². The Morgan fingerprint density at radius 2 is 1.52 bits per heavy atom. The molecule has 1 aromatic carbocycles. The summed E-state index contributed by atoms with van der Waals surface area (Å²) >= 11 is 0. The van der Waals surface area contributed by atoms with Gasteiger partial charge in [0.15, 0.2) is 29.5 Å². The van der Waals surface area contributed by atoms with Gasteiger partial charge in [-0.1, -0.05) is 25.5 Å². The van der Waals surface area contributed by atoms with E-state index in [1.165, 1.54) is 0 Å². The lowest BCUT2D eigenvalue weighted by molar-refractivity contribution is 0.314. The minimum absolute atomic E-state index is 0.0586. The van der Waals surface area contributed by atoms with Gasteiger partial charge in [-0.2, -0.15) is 5.26 Å². The smallest absolute Gasteiger partial charge is 0.200 e. The minimum atomic E-state index is -2.20. The van der Waals surface area contributed by atoms with Gasteiger partial charge in [0.05, 0.1) is 6.54 Å². The second-order valence-corrected chi connectivity index (χ2v) is 7.23. The van der Waals surface area contributed by atoms with Crippen LogP contribution in [0.4, 0.5) is 22.0 Å². The average Bonchev–Trinajstić information content (AvgIpc) is 3.04. The Morgan fingerprint density at radius 3 is 1.96 bits per heavy atom. The third kappa shape index (κ3) is 3.48. The number of benzene rings is 1. The molecule has 0 unspecified atom stereocenters. The standard InChI is InChI=1S/C18H19F5N2/c1-9(2)5-11-12(18(11,3)4)7-25(8-24)6-10-13(19)15(21)17(23)16(22)14(10)20/h5,11-12H,6-7H2,1-4H3/t11-,12+/m0/s1. The lowest BCUT2D eigenvalue weighted by atomic mass is 10.1. The maximum atomic E-state index is 13.8. The van der Waals surface area contributed by atoms with Crippen LogP contribution < -0.4 is 0 Å². The number of rotatable bonds is 5. The van der Waals surface area contributed by atoms with E-state index in [-0.39, 0.29) is 23.8 Å². The van der Waals surface area contributed by atoms with E-state index in [0.717, 1.165) is 10.5 Å². The van der Waals surface area contributed by atoms with Crippen molar-refractivity contribution in [3.8, 4) is 6.19 Å². The number of halogens is 5. The molecule has 2 rings (SSSR count). The van der Waals surface area contributed by atoms with Crippen LogP contribution in [-0.2, 0) is 6.54 Å². The number of nitriles is 1. The molecule has 1 fully saturated rings. The fourth-order valence-corrected chi connectivity index (χ4v) is 3.18. The maximum Gasteiger partial charge on any atom is 0.200 e. The van der Waals surface area contributed by atoms with Gasteiger partial charge in [-0.05, 0) is 31.1 Å². The molecule has 1 aromatic rings. The molecule has 0 N–H and O–H groups in total. The van der Waals surface area contributed by atoms with Crippen molar-refractivity contribution in [3.63, 3.8) is 0 Å². The van der Waals surface area contributed by atoms with E-state index in [4.69, 9.17) is 0 Å². The van der Waals surface area contributed by atoms with Gasteiger partial charge in [-0.25, -0.2) is 22.0 Å². The molecule has 0 bridgehead atoms. The molecular weight excluding hydrogens is 339 g/mol. The zero-order valence-corrected chi connectivity index (χ0v) is 14.4. The van der Waals surface area contributed by atoms with Gasteiger partial charge in [-0.3, -0.25) is 0 Å². The summed E-state index contributed by atoms with van der Waals surface area (Å²) in [6.07, 6.45) is 3.85. The zero-order valence-electron chi connectivity index (χ0n) is 14.4. The molecule has 0 amide bonds. The summed E-state index contributed by atoms with van der Waals surface area (Å²) in [5.74, 6) is -9.73. The Bertz CT molecular complexity index is 731. The van der Waals surface area contributed by atoms with Crippen molar-refractivity contribution in [2.24, 2.45) is 17.3 Å². The molecule has 2 atom stereocenters. The van der Waals surface area contributed by atoms with E-state index in [1.807, 2.05) is 27.7 Å². The van der Waals surface area contributed by atoms with E-state index < -0.39 is 41.2 Å². The molecule has 136 valence electrons. The fourth-order valence-electron chi connectivity index (χ4n) is 3.18. The number of hydrogen-bond donors (Lipinski definition) is 0. The van der Waals surface area contributed by atoms with Crippen LogP contribution in [0, 0.1) is 57.8 Å². The van der Waals surface area contributed by atoms with Gasteiger partial charge in [0.2, 0.25) is 5.82 Å². The molecule has 0 radical (unpaired) electrons. The van der Waals surface area contributed by atoms with E-state index in [2.05, 4.69) is 6.08 Å². The highest BCUT2D eigenvalue weighted by Gasteiger charge is 2.56. The second kappa shape index (κ2) is 6.66. The molecule has 25 heavy (non-hydrogen) atoms. The minimum Gasteiger partial charge on any atom is -0.306 e.